The minimum Gasteiger partial charge on any atom is -0.495 e. The van der Waals surface area contributed by atoms with Crippen molar-refractivity contribution in [3.05, 3.63) is 289 Å². The number of fused-ring (bicyclic) bond motifs is 3. The van der Waals surface area contributed by atoms with Gasteiger partial charge >= 0.3 is 5.97 Å². The molecule has 17 rings (SSSR count). The Morgan fingerprint density at radius 1 is 0.377 bits per heavy atom. The van der Waals surface area contributed by atoms with Crippen LogP contribution in [0.4, 0.5) is 30.6 Å². The molecule has 0 bridgehead atoms. The van der Waals surface area contributed by atoms with E-state index >= 15 is 8.78 Å². The van der Waals surface area contributed by atoms with Crippen molar-refractivity contribution >= 4 is 103 Å². The average molecular weight is 1820 g/mol. The number of amides is 2. The number of aromatic carboxylic acids is 1. The largest absolute Gasteiger partial charge is 0.495 e. The van der Waals surface area contributed by atoms with Gasteiger partial charge in [0.05, 0.1) is 83.9 Å². The Labute approximate surface area is 764 Å². The molecule has 9 heterocycles. The molecule has 0 saturated carbocycles. The van der Waals surface area contributed by atoms with Gasteiger partial charge < -0.3 is 50.5 Å². The van der Waals surface area contributed by atoms with Gasteiger partial charge in [-0.2, -0.15) is 0 Å². The molecule has 0 spiro atoms. The van der Waals surface area contributed by atoms with E-state index in [1.807, 2.05) is 24.4 Å². The molecule has 3 fully saturated rings. The Kier molecular flexibility index (Phi) is 31.0. The minimum atomic E-state index is -1.14. The number of hydrogen-bond donors (Lipinski definition) is 5. The van der Waals surface area contributed by atoms with Crippen molar-refractivity contribution in [2.75, 3.05) is 130 Å². The predicted molar refractivity (Wildman–Crippen MR) is 499 cm³/mol. The van der Waals surface area contributed by atoms with E-state index in [9.17, 15) is 23.9 Å². The van der Waals surface area contributed by atoms with E-state index in [-0.39, 0.29) is 93.5 Å². The summed E-state index contributed by atoms with van der Waals surface area (Å²) < 4.78 is 71.8. The molecule has 0 unspecified atom stereocenters. The van der Waals surface area contributed by atoms with Crippen molar-refractivity contribution < 1.29 is 56.3 Å². The number of piperazine rings is 3. The van der Waals surface area contributed by atoms with E-state index in [1.54, 1.807) is 55.7 Å². The molecule has 670 valence electrons. The molecule has 27 nitrogen and oxygen atoms in total. The number of carbonyl (C=O) groups is 3. The van der Waals surface area contributed by atoms with Gasteiger partial charge in [0, 0.05) is 213 Å². The summed E-state index contributed by atoms with van der Waals surface area (Å²) in [5.41, 5.74) is 18.0. The Bertz CT molecular complexity index is 6270. The number of methoxy groups -OCH3 is 5. The zero-order valence-corrected chi connectivity index (χ0v) is 75.1. The molecule has 3 aliphatic rings. The first-order valence-corrected chi connectivity index (χ1v) is 43.0. The highest BCUT2D eigenvalue weighted by Gasteiger charge is 2.30. The molecular weight excluding hydrogens is 1720 g/mol. The minimum absolute atomic E-state index is 0.0157. The van der Waals surface area contributed by atoms with Gasteiger partial charge in [-0.15, -0.1) is 0 Å². The summed E-state index contributed by atoms with van der Waals surface area (Å²) in [7, 11) is 7.01. The number of nitrogens with one attached hydrogen (secondary N) is 3. The Balaban J connectivity index is 0.000000146. The maximum Gasteiger partial charge on any atom is 0.337 e. The number of aryl methyl sites for hydroxylation is 3. The second kappa shape index (κ2) is 43.3. The fraction of sp³-hybridized carbons (Fsp3) is 0.258. The van der Waals surface area contributed by atoms with Gasteiger partial charge in [0.15, 0.2) is 23.1 Å². The van der Waals surface area contributed by atoms with E-state index in [2.05, 4.69) is 154 Å². The highest BCUT2D eigenvalue weighted by atomic mass is 35.5. The van der Waals surface area contributed by atoms with Crippen LogP contribution in [-0.4, -0.2) is 206 Å². The lowest BCUT2D eigenvalue weighted by molar-refractivity contribution is 0.0698. The third-order valence-corrected chi connectivity index (χ3v) is 23.6. The highest BCUT2D eigenvalue weighted by Crippen LogP contribution is 2.47. The topological polar surface area (TPSA) is 312 Å². The number of anilines is 3. The SMILES string of the molecule is COc1cc(C)c(F)c(-c2ccc(C(=O)O)c3nccnc23)c1Cl.COc1cc(OC)c(Cl)c(-c2ccc(C(=O)Nc3ccc(CN4CCN(Cc5ccc(C)cc5)CC4)cn3)c3nccnc23)c1F.COc1cc(OC)c(Cl)c(-c2ccc(C(=O)Nc3ccc(CN4CCNCC4)cn3)c3nccnc23)c1F.Cc1ccc(CN2CCN(Cc3ccc(N)nc3)CC2)cc1. The van der Waals surface area contributed by atoms with Gasteiger partial charge in [0.1, 0.15) is 57.1 Å². The van der Waals surface area contributed by atoms with Crippen LogP contribution in [0.2, 0.25) is 15.1 Å². The Morgan fingerprint density at radius 2 is 0.685 bits per heavy atom. The number of aromatic nitrogens is 9. The lowest BCUT2D eigenvalue weighted by atomic mass is 9.98. The number of nitrogen functional groups attached to an aromatic ring is 1. The number of nitrogens with two attached hydrogens (primary N) is 1. The smallest absolute Gasteiger partial charge is 0.337 e. The molecule has 14 aromatic rings. The number of carboxylic acids is 1. The average Bonchev–Trinajstić information content (AvgIpc) is 0.760. The van der Waals surface area contributed by atoms with Gasteiger partial charge in [-0.3, -0.25) is 64.0 Å². The molecule has 3 saturated heterocycles. The number of hydrogen-bond acceptors (Lipinski definition) is 24. The van der Waals surface area contributed by atoms with Gasteiger partial charge in [0.2, 0.25) is 0 Å². The molecule has 6 N–H and O–H groups in total. The Hall–Kier alpha value is -13.1. The first-order chi connectivity index (χ1) is 63.0. The number of benzene rings is 8. The maximum atomic E-state index is 15.5. The summed E-state index contributed by atoms with van der Waals surface area (Å²) in [6, 6.07) is 42.4. The number of ether oxygens (including phenoxy) is 5. The van der Waals surface area contributed by atoms with Crippen molar-refractivity contribution in [3.8, 4) is 62.1 Å². The molecular formula is C97H96Cl3F3N18O9. The van der Waals surface area contributed by atoms with Crippen LogP contribution in [0, 0.1) is 38.2 Å². The lowest BCUT2D eigenvalue weighted by Crippen LogP contribution is -2.45. The second-order valence-electron chi connectivity index (χ2n) is 31.2. The summed E-state index contributed by atoms with van der Waals surface area (Å²) >= 11 is 19.3. The molecule has 0 radical (unpaired) electrons. The molecule has 2 amide bonds. The fourth-order valence-corrected chi connectivity index (χ4v) is 16.5. The van der Waals surface area contributed by atoms with Gasteiger partial charge in [0.25, 0.3) is 11.8 Å². The predicted octanol–water partition coefficient (Wildman–Crippen LogP) is 16.9. The number of pyridine rings is 3. The van der Waals surface area contributed by atoms with Crippen LogP contribution in [0.15, 0.2) is 195 Å². The summed E-state index contributed by atoms with van der Waals surface area (Å²) in [5.74, 6) is -1.70. The van der Waals surface area contributed by atoms with Gasteiger partial charge in [-0.25, -0.2) is 32.9 Å². The van der Waals surface area contributed by atoms with Crippen LogP contribution in [0.3, 0.4) is 0 Å². The van der Waals surface area contributed by atoms with E-state index in [1.165, 1.54) is 131 Å². The first kappa shape index (κ1) is 93.0. The fourth-order valence-electron chi connectivity index (χ4n) is 15.5. The first-order valence-electron chi connectivity index (χ1n) is 41.8. The number of carbonyl (C=O) groups excluding carboxylic acids is 2. The lowest BCUT2D eigenvalue weighted by Gasteiger charge is -2.34. The van der Waals surface area contributed by atoms with Crippen molar-refractivity contribution in [3.63, 3.8) is 0 Å². The molecule has 3 aliphatic heterocycles. The van der Waals surface area contributed by atoms with Crippen molar-refractivity contribution in [1.82, 2.24) is 74.7 Å². The Morgan fingerprint density at radius 3 is 1.02 bits per heavy atom. The van der Waals surface area contributed by atoms with Crippen molar-refractivity contribution in [2.24, 2.45) is 0 Å². The van der Waals surface area contributed by atoms with Crippen LogP contribution in [0.25, 0.3) is 66.5 Å². The zero-order valence-electron chi connectivity index (χ0n) is 72.8. The second-order valence-corrected chi connectivity index (χ2v) is 32.4. The number of halogens is 6. The molecule has 8 aromatic carbocycles. The van der Waals surface area contributed by atoms with E-state index in [0.29, 0.717) is 56.5 Å². The highest BCUT2D eigenvalue weighted by molar-refractivity contribution is 6.36. The van der Waals surface area contributed by atoms with Crippen molar-refractivity contribution in [1.29, 1.82) is 0 Å². The van der Waals surface area contributed by atoms with Crippen LogP contribution >= 0.6 is 34.8 Å². The summed E-state index contributed by atoms with van der Waals surface area (Å²) in [4.78, 5) is 89.2. The summed E-state index contributed by atoms with van der Waals surface area (Å²) in [5, 5.41) is 18.5. The normalized spacial score (nSPS) is 13.8. The zero-order chi connectivity index (χ0) is 91.6. The monoisotopic (exact) mass is 1820 g/mol. The standard InChI is InChI=1S/C35H34ClFN6O3.C27H26ClFN6O3.C18H24N4.C17H12ClFN2O3/c1-22-4-6-23(7-5-22)20-42-14-16-43(17-15-42)21-24-8-11-29(40-19-24)41-35(44)26-10-9-25(33-34(26)39-13-12-38-33)30-31(36)27(45-2)18-28(46-3)32(30)37;1-37-19-13-20(38-2)24(29)22(23(19)28)17-4-5-18(26-25(17)31-7-8-32-26)27(36)34-21-6-3-16(14-33-21)15-35-11-9-30-10-12-35;1-15-2-4-16(5-3-15)13-21-8-10-22(11-9-21)14-17-6-7-18(19)20-12-17;1-8-7-11(24-2)13(18)12(14(8)19)9-3-4-10(17(22)23)16-15(9)20-5-6-21-16/h4-13,18-19H,14-17,20-21H2,1-3H3,(H,40,41,44);3-8,13-14,30H,9-12,15H2,1-2H3,(H,33,34,36);2-7,12H,8-11,13-14H2,1H3,(H2,19,20);3-7H,1-2H3,(H,22,23). The molecule has 6 aromatic heterocycles. The van der Waals surface area contributed by atoms with E-state index in [4.69, 9.17) is 64.2 Å². The summed E-state index contributed by atoms with van der Waals surface area (Å²) in [6.45, 7) is 22.8. The van der Waals surface area contributed by atoms with Crippen LogP contribution in [0.5, 0.6) is 28.7 Å². The molecule has 33 heteroatoms. The third-order valence-electron chi connectivity index (χ3n) is 22.5. The number of carboxylic acid groups (broad SMARTS) is 1. The van der Waals surface area contributed by atoms with Crippen LogP contribution in [0.1, 0.15) is 75.6 Å². The summed E-state index contributed by atoms with van der Waals surface area (Å²) in [6.07, 6.45) is 14.1. The maximum absolute atomic E-state index is 15.5. The number of rotatable bonds is 23. The van der Waals surface area contributed by atoms with E-state index < -0.39 is 35.2 Å². The van der Waals surface area contributed by atoms with Crippen molar-refractivity contribution in [2.45, 2.75) is 53.5 Å². The quantitative estimate of drug-likeness (QED) is 0.0397. The van der Waals surface area contributed by atoms with Gasteiger partial charge in [-0.1, -0.05) is 131 Å². The number of nitrogens with zero attached hydrogens (tertiary/aromatic N) is 14. The molecule has 0 aliphatic carbocycles. The molecule has 130 heavy (non-hydrogen) atoms. The van der Waals surface area contributed by atoms with Crippen LogP contribution < -0.4 is 45.4 Å². The third kappa shape index (κ3) is 22.2. The van der Waals surface area contributed by atoms with E-state index in [0.717, 1.165) is 122 Å². The van der Waals surface area contributed by atoms with Gasteiger partial charge in [-0.05, 0) is 96.6 Å². The molecule has 0 atom stereocenters. The van der Waals surface area contributed by atoms with Crippen LogP contribution in [-0.2, 0) is 32.7 Å².